The zero-order chi connectivity index (χ0) is 19.2. The highest BCUT2D eigenvalue weighted by Gasteiger charge is 2.22. The number of hydrogen-bond donors (Lipinski definition) is 1. The Morgan fingerprint density at radius 3 is 2.68 bits per heavy atom. The standard InChI is InChI=1S/C20H25N5O3/c26-20(25-12-10-24(11-13-25)19-4-1-9-21-23-19)22-16-5-7-17(8-6-16)28-15-18-3-2-14-27-18/h1,4-9,18H,2-3,10-15H2,(H,22,26). The van der Waals surface area contributed by atoms with Gasteiger partial charge in [0.1, 0.15) is 12.4 Å². The van der Waals surface area contributed by atoms with Gasteiger partial charge in [-0.3, -0.25) is 0 Å². The molecule has 2 fully saturated rings. The summed E-state index contributed by atoms with van der Waals surface area (Å²) in [5.41, 5.74) is 0.755. The van der Waals surface area contributed by atoms with Gasteiger partial charge in [0.15, 0.2) is 5.82 Å². The van der Waals surface area contributed by atoms with E-state index in [1.165, 1.54) is 0 Å². The predicted molar refractivity (Wildman–Crippen MR) is 106 cm³/mol. The van der Waals surface area contributed by atoms with Gasteiger partial charge in [0.2, 0.25) is 0 Å². The highest BCUT2D eigenvalue weighted by molar-refractivity contribution is 5.89. The number of amides is 2. The van der Waals surface area contributed by atoms with Gasteiger partial charge >= 0.3 is 6.03 Å². The van der Waals surface area contributed by atoms with Crippen LogP contribution in [0.3, 0.4) is 0 Å². The Balaban J connectivity index is 1.23. The Morgan fingerprint density at radius 2 is 2.00 bits per heavy atom. The minimum Gasteiger partial charge on any atom is -0.491 e. The molecule has 0 saturated carbocycles. The van der Waals surface area contributed by atoms with Crippen molar-refractivity contribution < 1.29 is 14.3 Å². The van der Waals surface area contributed by atoms with Crippen molar-refractivity contribution in [3.8, 4) is 5.75 Å². The number of rotatable bonds is 5. The highest BCUT2D eigenvalue weighted by Crippen LogP contribution is 2.19. The first-order chi connectivity index (χ1) is 13.8. The van der Waals surface area contributed by atoms with Crippen LogP contribution in [0, 0.1) is 0 Å². The van der Waals surface area contributed by atoms with Gasteiger partial charge in [0, 0.05) is 44.7 Å². The van der Waals surface area contributed by atoms with Crippen LogP contribution in [0.4, 0.5) is 16.3 Å². The first-order valence-electron chi connectivity index (χ1n) is 9.71. The summed E-state index contributed by atoms with van der Waals surface area (Å²) in [4.78, 5) is 16.5. The third kappa shape index (κ3) is 4.69. The molecule has 1 aromatic carbocycles. The van der Waals surface area contributed by atoms with Crippen molar-refractivity contribution in [3.63, 3.8) is 0 Å². The van der Waals surface area contributed by atoms with Crippen LogP contribution in [0.1, 0.15) is 12.8 Å². The molecule has 2 aliphatic heterocycles. The van der Waals surface area contributed by atoms with Crippen LogP contribution in [0.5, 0.6) is 5.75 Å². The van der Waals surface area contributed by atoms with Gasteiger partial charge in [0.25, 0.3) is 0 Å². The van der Waals surface area contributed by atoms with Crippen LogP contribution in [0.15, 0.2) is 42.6 Å². The zero-order valence-corrected chi connectivity index (χ0v) is 15.8. The van der Waals surface area contributed by atoms with E-state index in [2.05, 4.69) is 20.4 Å². The van der Waals surface area contributed by atoms with Gasteiger partial charge in [-0.25, -0.2) is 4.79 Å². The summed E-state index contributed by atoms with van der Waals surface area (Å²) in [7, 11) is 0. The third-order valence-electron chi connectivity index (χ3n) is 5.01. The number of carbonyl (C=O) groups is 1. The van der Waals surface area contributed by atoms with Crippen molar-refractivity contribution >= 4 is 17.5 Å². The van der Waals surface area contributed by atoms with E-state index in [-0.39, 0.29) is 12.1 Å². The van der Waals surface area contributed by atoms with Crippen LogP contribution in [-0.2, 0) is 4.74 Å². The van der Waals surface area contributed by atoms with Gasteiger partial charge in [-0.1, -0.05) is 0 Å². The lowest BCUT2D eigenvalue weighted by Crippen LogP contribution is -2.50. The molecule has 0 radical (unpaired) electrons. The summed E-state index contributed by atoms with van der Waals surface area (Å²) in [6.07, 6.45) is 4.01. The van der Waals surface area contributed by atoms with Crippen LogP contribution in [0.25, 0.3) is 0 Å². The molecule has 1 unspecified atom stereocenters. The number of aromatic nitrogens is 2. The molecule has 3 heterocycles. The number of anilines is 2. The molecule has 28 heavy (non-hydrogen) atoms. The van der Waals surface area contributed by atoms with Gasteiger partial charge in [0.05, 0.1) is 6.10 Å². The Hall–Kier alpha value is -2.87. The number of piperazine rings is 1. The molecular weight excluding hydrogens is 358 g/mol. The second-order valence-electron chi connectivity index (χ2n) is 6.96. The molecule has 8 nitrogen and oxygen atoms in total. The maximum atomic E-state index is 12.5. The van der Waals surface area contributed by atoms with Crippen LogP contribution in [0.2, 0.25) is 0 Å². The highest BCUT2D eigenvalue weighted by atomic mass is 16.5. The van der Waals surface area contributed by atoms with Crippen molar-refractivity contribution in [1.29, 1.82) is 0 Å². The molecule has 0 bridgehead atoms. The van der Waals surface area contributed by atoms with Gasteiger partial charge < -0.3 is 24.6 Å². The zero-order valence-electron chi connectivity index (χ0n) is 15.8. The number of urea groups is 1. The summed E-state index contributed by atoms with van der Waals surface area (Å²) < 4.78 is 11.3. The number of nitrogens with zero attached hydrogens (tertiary/aromatic N) is 4. The fourth-order valence-electron chi connectivity index (χ4n) is 3.40. The Bertz CT molecular complexity index is 757. The number of benzene rings is 1. The Labute approximate surface area is 164 Å². The first-order valence-corrected chi connectivity index (χ1v) is 9.71. The molecule has 8 heteroatoms. The summed E-state index contributed by atoms with van der Waals surface area (Å²) in [5, 5.41) is 11.0. The predicted octanol–water partition coefficient (Wildman–Crippen LogP) is 2.39. The smallest absolute Gasteiger partial charge is 0.321 e. The third-order valence-corrected chi connectivity index (χ3v) is 5.01. The van der Waals surface area contributed by atoms with Gasteiger partial charge in [-0.15, -0.1) is 5.10 Å². The Kier molecular flexibility index (Phi) is 5.86. The first kappa shape index (κ1) is 18.5. The molecule has 4 rings (SSSR count). The minimum atomic E-state index is -0.0909. The van der Waals surface area contributed by atoms with Crippen LogP contribution < -0.4 is 15.0 Å². The molecule has 2 amide bonds. The fourth-order valence-corrected chi connectivity index (χ4v) is 3.40. The van der Waals surface area contributed by atoms with E-state index in [4.69, 9.17) is 9.47 Å². The van der Waals surface area contributed by atoms with Crippen molar-refractivity contribution in [2.24, 2.45) is 0 Å². The lowest BCUT2D eigenvalue weighted by molar-refractivity contribution is 0.0679. The van der Waals surface area contributed by atoms with Crippen LogP contribution >= 0.6 is 0 Å². The number of ether oxygens (including phenoxy) is 2. The maximum Gasteiger partial charge on any atom is 0.321 e. The molecule has 1 N–H and O–H groups in total. The molecule has 0 aliphatic carbocycles. The SMILES string of the molecule is O=C(Nc1ccc(OCC2CCCO2)cc1)N1CCN(c2cccnn2)CC1. The minimum absolute atomic E-state index is 0.0909. The molecule has 148 valence electrons. The van der Waals surface area contributed by atoms with E-state index in [1.807, 2.05) is 41.3 Å². The average Bonchev–Trinajstić information content (AvgIpc) is 3.28. The fraction of sp³-hybridized carbons (Fsp3) is 0.450. The molecule has 2 aromatic rings. The van der Waals surface area contributed by atoms with Crippen molar-refractivity contribution in [1.82, 2.24) is 15.1 Å². The summed E-state index contributed by atoms with van der Waals surface area (Å²) in [6.45, 7) is 4.16. The molecule has 2 saturated heterocycles. The second kappa shape index (κ2) is 8.88. The number of nitrogens with one attached hydrogen (secondary N) is 1. The summed E-state index contributed by atoms with van der Waals surface area (Å²) in [6, 6.07) is 11.2. The molecule has 1 atom stereocenters. The molecule has 0 spiro atoms. The Morgan fingerprint density at radius 1 is 1.18 bits per heavy atom. The van der Waals surface area contributed by atoms with E-state index in [9.17, 15) is 4.79 Å². The van der Waals surface area contributed by atoms with Gasteiger partial charge in [-0.2, -0.15) is 5.10 Å². The maximum absolute atomic E-state index is 12.5. The van der Waals surface area contributed by atoms with E-state index in [0.29, 0.717) is 19.7 Å². The van der Waals surface area contributed by atoms with E-state index in [1.54, 1.807) is 6.20 Å². The molecule has 1 aromatic heterocycles. The molecule has 2 aliphatic rings. The average molecular weight is 383 g/mol. The van der Waals surface area contributed by atoms with Crippen LogP contribution in [-0.4, -0.2) is 66.6 Å². The largest absolute Gasteiger partial charge is 0.491 e. The van der Waals surface area contributed by atoms with Crippen molar-refractivity contribution in [2.75, 3.05) is 49.6 Å². The summed E-state index contributed by atoms with van der Waals surface area (Å²) in [5.74, 6) is 1.63. The monoisotopic (exact) mass is 383 g/mol. The normalized spacial score (nSPS) is 19.5. The van der Waals surface area contributed by atoms with Crippen molar-refractivity contribution in [2.45, 2.75) is 18.9 Å². The lowest BCUT2D eigenvalue weighted by Gasteiger charge is -2.35. The van der Waals surface area contributed by atoms with E-state index in [0.717, 1.165) is 49.8 Å². The van der Waals surface area contributed by atoms with E-state index >= 15 is 0 Å². The quantitative estimate of drug-likeness (QED) is 0.854. The lowest BCUT2D eigenvalue weighted by atomic mass is 10.2. The number of hydrogen-bond acceptors (Lipinski definition) is 6. The van der Waals surface area contributed by atoms with Crippen molar-refractivity contribution in [3.05, 3.63) is 42.6 Å². The topological polar surface area (TPSA) is 79.8 Å². The second-order valence-corrected chi connectivity index (χ2v) is 6.96. The summed E-state index contributed by atoms with van der Waals surface area (Å²) >= 11 is 0. The van der Waals surface area contributed by atoms with Gasteiger partial charge in [-0.05, 0) is 49.2 Å². The van der Waals surface area contributed by atoms with E-state index < -0.39 is 0 Å². The number of carbonyl (C=O) groups excluding carboxylic acids is 1. The molecular formula is C20H25N5O3.